The smallest absolute Gasteiger partial charge is 0.272 e. The van der Waals surface area contributed by atoms with Crippen molar-refractivity contribution in [1.29, 1.82) is 0 Å². The van der Waals surface area contributed by atoms with Gasteiger partial charge in [0.05, 0.1) is 4.92 Å². The standard InChI is InChI=1S/C13H16N2O2/c1-2-3-6-10-14-11-9-12-7-4-5-8-13(12)15(16)17/h4-5,7-8,14H,6,9-11H2,1H3. The lowest BCUT2D eigenvalue weighted by molar-refractivity contribution is -0.385. The van der Waals surface area contributed by atoms with Crippen LogP contribution in [0.4, 0.5) is 5.69 Å². The number of hydrogen-bond donors (Lipinski definition) is 1. The lowest BCUT2D eigenvalue weighted by Crippen LogP contribution is -2.18. The van der Waals surface area contributed by atoms with Gasteiger partial charge in [-0.05, 0) is 19.9 Å². The minimum absolute atomic E-state index is 0.197. The number of para-hydroxylation sites is 1. The molecule has 0 aliphatic heterocycles. The maximum Gasteiger partial charge on any atom is 0.272 e. The molecular formula is C13H16N2O2. The molecular weight excluding hydrogens is 216 g/mol. The number of nitrogens with one attached hydrogen (secondary N) is 1. The zero-order valence-corrected chi connectivity index (χ0v) is 9.90. The van der Waals surface area contributed by atoms with Crippen LogP contribution < -0.4 is 5.32 Å². The van der Waals surface area contributed by atoms with Gasteiger partial charge in [-0.3, -0.25) is 10.1 Å². The first-order chi connectivity index (χ1) is 8.25. The third-order valence-corrected chi connectivity index (χ3v) is 2.36. The van der Waals surface area contributed by atoms with Gasteiger partial charge in [-0.2, -0.15) is 0 Å². The van der Waals surface area contributed by atoms with Crippen molar-refractivity contribution in [2.75, 3.05) is 13.1 Å². The van der Waals surface area contributed by atoms with E-state index in [2.05, 4.69) is 17.2 Å². The molecule has 0 saturated carbocycles. The number of benzene rings is 1. The highest BCUT2D eigenvalue weighted by Gasteiger charge is 2.10. The van der Waals surface area contributed by atoms with Gasteiger partial charge in [0.25, 0.3) is 5.69 Å². The van der Waals surface area contributed by atoms with E-state index in [1.165, 1.54) is 6.07 Å². The van der Waals surface area contributed by atoms with Crippen molar-refractivity contribution in [1.82, 2.24) is 5.32 Å². The molecule has 0 radical (unpaired) electrons. The highest BCUT2D eigenvalue weighted by atomic mass is 16.6. The molecule has 0 aliphatic rings. The number of rotatable bonds is 6. The molecule has 0 bridgehead atoms. The molecule has 1 rings (SSSR count). The van der Waals surface area contributed by atoms with E-state index < -0.39 is 0 Å². The molecule has 1 aromatic rings. The second-order valence-electron chi connectivity index (χ2n) is 3.56. The molecule has 0 unspecified atom stereocenters. The first-order valence-electron chi connectivity index (χ1n) is 5.58. The van der Waals surface area contributed by atoms with E-state index in [1.807, 2.05) is 13.0 Å². The summed E-state index contributed by atoms with van der Waals surface area (Å²) >= 11 is 0. The summed E-state index contributed by atoms with van der Waals surface area (Å²) in [6.45, 7) is 3.37. The minimum Gasteiger partial charge on any atom is -0.315 e. The Labute approximate surface area is 101 Å². The summed E-state index contributed by atoms with van der Waals surface area (Å²) < 4.78 is 0. The minimum atomic E-state index is -0.335. The highest BCUT2D eigenvalue weighted by Crippen LogP contribution is 2.17. The van der Waals surface area contributed by atoms with Crippen LogP contribution in [0.1, 0.15) is 18.9 Å². The van der Waals surface area contributed by atoms with Crippen molar-refractivity contribution >= 4 is 5.69 Å². The van der Waals surface area contributed by atoms with Gasteiger partial charge in [-0.1, -0.05) is 18.2 Å². The van der Waals surface area contributed by atoms with Gasteiger partial charge in [-0.15, -0.1) is 11.8 Å². The van der Waals surface area contributed by atoms with Crippen LogP contribution in [0.15, 0.2) is 24.3 Å². The molecule has 4 heteroatoms. The van der Waals surface area contributed by atoms with Crippen molar-refractivity contribution in [3.63, 3.8) is 0 Å². The average molecular weight is 232 g/mol. The molecule has 1 N–H and O–H groups in total. The summed E-state index contributed by atoms with van der Waals surface area (Å²) in [6.07, 6.45) is 1.48. The van der Waals surface area contributed by atoms with Crippen molar-refractivity contribution in [3.05, 3.63) is 39.9 Å². The molecule has 0 atom stereocenters. The molecule has 4 nitrogen and oxygen atoms in total. The predicted octanol–water partition coefficient (Wildman–Crippen LogP) is 2.14. The molecule has 90 valence electrons. The lowest BCUT2D eigenvalue weighted by Gasteiger charge is -2.03. The maximum atomic E-state index is 10.8. The van der Waals surface area contributed by atoms with Gasteiger partial charge in [0.1, 0.15) is 0 Å². The topological polar surface area (TPSA) is 55.2 Å². The Morgan fingerprint density at radius 3 is 2.82 bits per heavy atom. The Kier molecular flexibility index (Phi) is 5.76. The van der Waals surface area contributed by atoms with E-state index in [0.29, 0.717) is 6.42 Å². The lowest BCUT2D eigenvalue weighted by atomic mass is 10.1. The molecule has 0 amide bonds. The van der Waals surface area contributed by atoms with E-state index in [-0.39, 0.29) is 10.6 Å². The summed E-state index contributed by atoms with van der Waals surface area (Å²) in [7, 11) is 0. The van der Waals surface area contributed by atoms with Crippen LogP contribution in [0.2, 0.25) is 0 Å². The number of nitro benzene ring substituents is 1. The van der Waals surface area contributed by atoms with Crippen LogP contribution in [0.3, 0.4) is 0 Å². The third kappa shape index (κ3) is 4.66. The Morgan fingerprint density at radius 1 is 1.35 bits per heavy atom. The summed E-state index contributed by atoms with van der Waals surface area (Å²) in [4.78, 5) is 10.4. The molecule has 17 heavy (non-hydrogen) atoms. The van der Waals surface area contributed by atoms with Crippen LogP contribution in [0, 0.1) is 22.0 Å². The van der Waals surface area contributed by atoms with Crippen molar-refractivity contribution in [3.8, 4) is 11.8 Å². The van der Waals surface area contributed by atoms with Crippen LogP contribution in [-0.4, -0.2) is 18.0 Å². The van der Waals surface area contributed by atoms with E-state index in [1.54, 1.807) is 12.1 Å². The normalized spacial score (nSPS) is 9.47. The number of nitro groups is 1. The Hall–Kier alpha value is -1.86. The molecule has 0 heterocycles. The summed E-state index contributed by atoms with van der Waals surface area (Å²) in [6, 6.07) is 6.85. The summed E-state index contributed by atoms with van der Waals surface area (Å²) in [5.74, 6) is 5.78. The summed E-state index contributed by atoms with van der Waals surface area (Å²) in [5.41, 5.74) is 0.967. The Bertz CT molecular complexity index is 433. The van der Waals surface area contributed by atoms with E-state index in [9.17, 15) is 10.1 Å². The largest absolute Gasteiger partial charge is 0.315 e. The van der Waals surface area contributed by atoms with Crippen LogP contribution >= 0.6 is 0 Å². The van der Waals surface area contributed by atoms with Gasteiger partial charge >= 0.3 is 0 Å². The van der Waals surface area contributed by atoms with Gasteiger partial charge < -0.3 is 5.32 Å². The monoisotopic (exact) mass is 232 g/mol. The van der Waals surface area contributed by atoms with Gasteiger partial charge in [0, 0.05) is 24.6 Å². The van der Waals surface area contributed by atoms with Crippen molar-refractivity contribution in [2.45, 2.75) is 19.8 Å². The maximum absolute atomic E-state index is 10.8. The highest BCUT2D eigenvalue weighted by molar-refractivity contribution is 5.39. The third-order valence-electron chi connectivity index (χ3n) is 2.36. The molecule has 1 aromatic carbocycles. The number of nitrogens with zero attached hydrogens (tertiary/aromatic N) is 1. The van der Waals surface area contributed by atoms with Crippen LogP contribution in [-0.2, 0) is 6.42 Å². The molecule has 0 aliphatic carbocycles. The molecule has 0 aromatic heterocycles. The van der Waals surface area contributed by atoms with Crippen LogP contribution in [0.5, 0.6) is 0 Å². The molecule has 0 saturated heterocycles. The average Bonchev–Trinajstić information content (AvgIpc) is 2.34. The Balaban J connectivity index is 2.40. The van der Waals surface area contributed by atoms with Crippen LogP contribution in [0.25, 0.3) is 0 Å². The van der Waals surface area contributed by atoms with Crippen molar-refractivity contribution < 1.29 is 4.92 Å². The second-order valence-corrected chi connectivity index (χ2v) is 3.56. The van der Waals surface area contributed by atoms with Gasteiger partial charge in [0.2, 0.25) is 0 Å². The first-order valence-corrected chi connectivity index (χ1v) is 5.58. The fourth-order valence-corrected chi connectivity index (χ4v) is 1.52. The molecule has 0 fully saturated rings. The first kappa shape index (κ1) is 13.2. The van der Waals surface area contributed by atoms with E-state index >= 15 is 0 Å². The second kappa shape index (κ2) is 7.42. The number of hydrogen-bond acceptors (Lipinski definition) is 3. The zero-order valence-electron chi connectivity index (χ0n) is 9.90. The SMILES string of the molecule is CC#CCCNCCc1ccccc1[N+](=O)[O-]. The van der Waals surface area contributed by atoms with Gasteiger partial charge in [0.15, 0.2) is 0 Å². The Morgan fingerprint density at radius 2 is 2.12 bits per heavy atom. The zero-order chi connectivity index (χ0) is 12.5. The van der Waals surface area contributed by atoms with E-state index in [4.69, 9.17) is 0 Å². The fourth-order valence-electron chi connectivity index (χ4n) is 1.52. The van der Waals surface area contributed by atoms with Crippen molar-refractivity contribution in [2.24, 2.45) is 0 Å². The fraction of sp³-hybridized carbons (Fsp3) is 0.385. The van der Waals surface area contributed by atoms with Gasteiger partial charge in [-0.25, -0.2) is 0 Å². The predicted molar refractivity (Wildman–Crippen MR) is 67.7 cm³/mol. The quantitative estimate of drug-likeness (QED) is 0.354. The summed E-state index contributed by atoms with van der Waals surface area (Å²) in [5, 5.41) is 14.0. The van der Waals surface area contributed by atoms with E-state index in [0.717, 1.165) is 25.1 Å². The molecule has 0 spiro atoms.